The summed E-state index contributed by atoms with van der Waals surface area (Å²) in [6.45, 7) is 0. The average molecular weight is 288 g/mol. The highest BCUT2D eigenvalue weighted by Gasteiger charge is 2.30. The smallest absolute Gasteiger partial charge is 0.307 e. The molecule has 0 aliphatic heterocycles. The van der Waals surface area contributed by atoms with Crippen molar-refractivity contribution >= 4 is 23.4 Å². The lowest BCUT2D eigenvalue weighted by Gasteiger charge is -2.34. The number of aromatic nitrogens is 2. The molecule has 19 heavy (non-hydrogen) atoms. The van der Waals surface area contributed by atoms with Crippen LogP contribution in [0.5, 0.6) is 0 Å². The van der Waals surface area contributed by atoms with E-state index in [4.69, 9.17) is 11.6 Å². The van der Waals surface area contributed by atoms with E-state index in [9.17, 15) is 9.18 Å². The fourth-order valence-electron chi connectivity index (χ4n) is 2.06. The van der Waals surface area contributed by atoms with E-state index in [1.807, 2.05) is 0 Å². The topological polar surface area (TPSA) is 64.1 Å². The van der Waals surface area contributed by atoms with Crippen molar-refractivity contribution in [1.29, 1.82) is 0 Å². The predicted molar refractivity (Wildman–Crippen MR) is 68.4 cm³/mol. The Morgan fingerprint density at radius 3 is 3.00 bits per heavy atom. The standard InChI is InChI=1S/C12H15ClFN3O2/c1-19-10(18)5-9(7-3-2-4-7)16-11-8(14)6-15-12(13)17-11/h6-7,9H,2-5H2,1H3,(H,15,16,17). The quantitative estimate of drug-likeness (QED) is 0.665. The van der Waals surface area contributed by atoms with Crippen LogP contribution in [0.2, 0.25) is 5.28 Å². The van der Waals surface area contributed by atoms with E-state index in [0.717, 1.165) is 25.5 Å². The number of ether oxygens (including phenoxy) is 1. The Labute approximate surface area is 115 Å². The maximum Gasteiger partial charge on any atom is 0.307 e. The van der Waals surface area contributed by atoms with Crippen LogP contribution in [0, 0.1) is 11.7 Å². The summed E-state index contributed by atoms with van der Waals surface area (Å²) in [7, 11) is 1.34. The summed E-state index contributed by atoms with van der Waals surface area (Å²) in [6.07, 6.45) is 4.33. The minimum Gasteiger partial charge on any atom is -0.469 e. The molecule has 0 bridgehead atoms. The lowest BCUT2D eigenvalue weighted by atomic mass is 9.78. The maximum absolute atomic E-state index is 13.6. The van der Waals surface area contributed by atoms with Gasteiger partial charge in [-0.25, -0.2) is 9.37 Å². The third kappa shape index (κ3) is 3.53. The molecular weight excluding hydrogens is 273 g/mol. The molecule has 0 radical (unpaired) electrons. The third-order valence-corrected chi connectivity index (χ3v) is 3.55. The molecule has 104 valence electrons. The van der Waals surface area contributed by atoms with E-state index in [-0.39, 0.29) is 29.5 Å². The molecule has 0 spiro atoms. The molecule has 1 aromatic rings. The highest BCUT2D eigenvalue weighted by atomic mass is 35.5. The van der Waals surface area contributed by atoms with Gasteiger partial charge in [0.05, 0.1) is 19.7 Å². The van der Waals surface area contributed by atoms with Crippen molar-refractivity contribution in [2.45, 2.75) is 31.7 Å². The van der Waals surface area contributed by atoms with Crippen LogP contribution in [0.15, 0.2) is 6.20 Å². The Hall–Kier alpha value is -1.43. The lowest BCUT2D eigenvalue weighted by molar-refractivity contribution is -0.141. The van der Waals surface area contributed by atoms with Crippen LogP contribution in [0.4, 0.5) is 10.2 Å². The van der Waals surface area contributed by atoms with E-state index in [1.165, 1.54) is 7.11 Å². The molecule has 1 aromatic heterocycles. The van der Waals surface area contributed by atoms with Crippen molar-refractivity contribution in [3.63, 3.8) is 0 Å². The average Bonchev–Trinajstić information content (AvgIpc) is 2.31. The van der Waals surface area contributed by atoms with Crippen LogP contribution in [0.25, 0.3) is 0 Å². The van der Waals surface area contributed by atoms with Crippen molar-refractivity contribution in [1.82, 2.24) is 9.97 Å². The number of methoxy groups -OCH3 is 1. The molecule has 2 rings (SSSR count). The summed E-state index contributed by atoms with van der Waals surface area (Å²) in [5.74, 6) is -0.559. The maximum atomic E-state index is 13.6. The Kier molecular flexibility index (Phi) is 4.52. The summed E-state index contributed by atoms with van der Waals surface area (Å²) < 4.78 is 18.2. The van der Waals surface area contributed by atoms with Crippen molar-refractivity contribution in [2.24, 2.45) is 5.92 Å². The van der Waals surface area contributed by atoms with E-state index in [1.54, 1.807) is 0 Å². The molecule has 7 heteroatoms. The van der Waals surface area contributed by atoms with E-state index < -0.39 is 5.82 Å². The van der Waals surface area contributed by atoms with Crippen molar-refractivity contribution < 1.29 is 13.9 Å². The highest BCUT2D eigenvalue weighted by Crippen LogP contribution is 2.33. The molecule has 0 aromatic carbocycles. The molecular formula is C12H15ClFN3O2. The molecule has 1 unspecified atom stereocenters. The van der Waals surface area contributed by atoms with Crippen LogP contribution in [-0.2, 0) is 9.53 Å². The second-order valence-electron chi connectivity index (χ2n) is 4.56. The summed E-state index contributed by atoms with van der Waals surface area (Å²) in [6, 6.07) is -0.193. The lowest BCUT2D eigenvalue weighted by Crippen LogP contribution is -2.36. The van der Waals surface area contributed by atoms with Gasteiger partial charge in [0.15, 0.2) is 11.6 Å². The van der Waals surface area contributed by atoms with Gasteiger partial charge >= 0.3 is 5.97 Å². The molecule has 1 fully saturated rings. The summed E-state index contributed by atoms with van der Waals surface area (Å²) in [5.41, 5.74) is 0. The van der Waals surface area contributed by atoms with Crippen LogP contribution < -0.4 is 5.32 Å². The van der Waals surface area contributed by atoms with Crippen molar-refractivity contribution in [3.8, 4) is 0 Å². The third-order valence-electron chi connectivity index (χ3n) is 3.37. The molecule has 1 heterocycles. The van der Waals surface area contributed by atoms with Crippen molar-refractivity contribution in [3.05, 3.63) is 17.3 Å². The van der Waals surface area contributed by atoms with Crippen LogP contribution >= 0.6 is 11.6 Å². The number of carbonyl (C=O) groups is 1. The van der Waals surface area contributed by atoms with Gasteiger partial charge in [-0.1, -0.05) is 6.42 Å². The second kappa shape index (κ2) is 6.14. The Balaban J connectivity index is 2.10. The van der Waals surface area contributed by atoms with Gasteiger partial charge in [0.1, 0.15) is 0 Å². The molecule has 0 saturated heterocycles. The molecule has 1 saturated carbocycles. The molecule has 1 N–H and O–H groups in total. The van der Waals surface area contributed by atoms with Gasteiger partial charge in [-0.15, -0.1) is 0 Å². The van der Waals surface area contributed by atoms with E-state index in [0.29, 0.717) is 5.92 Å². The molecule has 5 nitrogen and oxygen atoms in total. The van der Waals surface area contributed by atoms with Gasteiger partial charge in [0, 0.05) is 6.04 Å². The summed E-state index contributed by atoms with van der Waals surface area (Å²) >= 11 is 5.64. The molecule has 1 atom stereocenters. The number of esters is 1. The van der Waals surface area contributed by atoms with Gasteiger partial charge in [-0.3, -0.25) is 4.79 Å². The first-order chi connectivity index (χ1) is 9.10. The first-order valence-electron chi connectivity index (χ1n) is 6.11. The number of nitrogens with one attached hydrogen (secondary N) is 1. The fourth-order valence-corrected chi connectivity index (χ4v) is 2.20. The Morgan fingerprint density at radius 2 is 2.42 bits per heavy atom. The zero-order chi connectivity index (χ0) is 13.8. The monoisotopic (exact) mass is 287 g/mol. The number of nitrogens with zero attached hydrogens (tertiary/aromatic N) is 2. The van der Waals surface area contributed by atoms with Gasteiger partial charge < -0.3 is 10.1 Å². The predicted octanol–water partition coefficient (Wildman–Crippen LogP) is 2.41. The molecule has 1 aliphatic rings. The normalized spacial score (nSPS) is 16.6. The first kappa shape index (κ1) is 14.0. The first-order valence-corrected chi connectivity index (χ1v) is 6.49. The fraction of sp³-hybridized carbons (Fsp3) is 0.583. The zero-order valence-corrected chi connectivity index (χ0v) is 11.3. The second-order valence-corrected chi connectivity index (χ2v) is 4.90. The van der Waals surface area contributed by atoms with E-state index in [2.05, 4.69) is 20.0 Å². The van der Waals surface area contributed by atoms with Crippen LogP contribution in [0.1, 0.15) is 25.7 Å². The Bertz CT molecular complexity index is 468. The van der Waals surface area contributed by atoms with Crippen LogP contribution in [-0.4, -0.2) is 29.1 Å². The van der Waals surface area contributed by atoms with Gasteiger partial charge in [-0.2, -0.15) is 4.98 Å². The number of anilines is 1. The van der Waals surface area contributed by atoms with Crippen molar-refractivity contribution in [2.75, 3.05) is 12.4 Å². The summed E-state index contributed by atoms with van der Waals surface area (Å²) in [5, 5.41) is 2.91. The van der Waals surface area contributed by atoms with Gasteiger partial charge in [0.25, 0.3) is 0 Å². The van der Waals surface area contributed by atoms with Gasteiger partial charge in [-0.05, 0) is 30.4 Å². The van der Waals surface area contributed by atoms with Gasteiger partial charge in [0.2, 0.25) is 5.28 Å². The minimum atomic E-state index is -0.585. The number of hydrogen-bond acceptors (Lipinski definition) is 5. The molecule has 1 aliphatic carbocycles. The largest absolute Gasteiger partial charge is 0.469 e. The molecule has 0 amide bonds. The Morgan fingerprint density at radius 1 is 1.68 bits per heavy atom. The highest BCUT2D eigenvalue weighted by molar-refractivity contribution is 6.28. The SMILES string of the molecule is COC(=O)CC(Nc1nc(Cl)ncc1F)C1CCC1. The number of hydrogen-bond donors (Lipinski definition) is 1. The summed E-state index contributed by atoms with van der Waals surface area (Å²) in [4.78, 5) is 18.7. The number of rotatable bonds is 5. The van der Waals surface area contributed by atoms with E-state index >= 15 is 0 Å². The minimum absolute atomic E-state index is 0.0285. The number of halogens is 2. The zero-order valence-electron chi connectivity index (χ0n) is 10.5. The van der Waals surface area contributed by atoms with Crippen LogP contribution in [0.3, 0.4) is 0 Å². The number of carbonyl (C=O) groups excluding carboxylic acids is 1.